The van der Waals surface area contributed by atoms with Gasteiger partial charge >= 0.3 is 0 Å². The minimum atomic E-state index is -0.595. The molecule has 0 radical (unpaired) electrons. The zero-order valence-corrected chi connectivity index (χ0v) is 9.54. The maximum absolute atomic E-state index is 10.9. The Kier molecular flexibility index (Phi) is 3.07. The van der Waals surface area contributed by atoms with E-state index in [1.165, 1.54) is 0 Å². The lowest BCUT2D eigenvalue weighted by Gasteiger charge is -1.98. The summed E-state index contributed by atoms with van der Waals surface area (Å²) in [5, 5.41) is 19.6. The third kappa shape index (κ3) is 2.12. The highest BCUT2D eigenvalue weighted by Crippen LogP contribution is 2.43. The summed E-state index contributed by atoms with van der Waals surface area (Å²) >= 11 is 0. The average Bonchev–Trinajstić information content (AvgIpc) is 3.04. The maximum atomic E-state index is 10.9. The molecule has 5 heteroatoms. The van der Waals surface area contributed by atoms with E-state index in [1.54, 1.807) is 24.3 Å². The standard InChI is InChI=1S/C12H13N3O2/c1-2-7-14-11(12(14)15(16)17)10-5-3-9(8-13)4-6-10/h3-6,11-12H,2,7H2,1H3/t11-,12-,14?/m1/s1. The summed E-state index contributed by atoms with van der Waals surface area (Å²) in [4.78, 5) is 12.5. The molecule has 1 heterocycles. The monoisotopic (exact) mass is 231 g/mol. The SMILES string of the molecule is CCCN1[C@H](c2ccc(C#N)cc2)[C@H]1[N+](=O)[O-]. The van der Waals surface area contributed by atoms with Gasteiger partial charge in [-0.2, -0.15) is 5.26 Å². The molecule has 1 aliphatic heterocycles. The number of hydrogen-bond acceptors (Lipinski definition) is 4. The van der Waals surface area contributed by atoms with E-state index in [2.05, 4.69) is 0 Å². The van der Waals surface area contributed by atoms with Gasteiger partial charge in [0.2, 0.25) is 0 Å². The molecular formula is C12H13N3O2. The molecule has 3 atom stereocenters. The van der Waals surface area contributed by atoms with E-state index in [1.807, 2.05) is 17.9 Å². The fraction of sp³-hybridized carbons (Fsp3) is 0.417. The first-order chi connectivity index (χ1) is 8.19. The highest BCUT2D eigenvalue weighted by molar-refractivity contribution is 5.35. The van der Waals surface area contributed by atoms with Crippen molar-refractivity contribution >= 4 is 0 Å². The lowest BCUT2D eigenvalue weighted by Crippen LogP contribution is -2.10. The fourth-order valence-electron chi connectivity index (χ4n) is 2.15. The van der Waals surface area contributed by atoms with Gasteiger partial charge < -0.3 is 0 Å². The molecule has 0 aromatic heterocycles. The van der Waals surface area contributed by atoms with Crippen molar-refractivity contribution in [2.75, 3.05) is 6.54 Å². The second-order valence-corrected chi connectivity index (χ2v) is 4.12. The molecule has 5 nitrogen and oxygen atoms in total. The number of benzene rings is 1. The molecular weight excluding hydrogens is 218 g/mol. The predicted octanol–water partition coefficient (Wildman–Crippen LogP) is 1.93. The van der Waals surface area contributed by atoms with Crippen LogP contribution in [0.2, 0.25) is 0 Å². The van der Waals surface area contributed by atoms with Crippen molar-refractivity contribution in [2.24, 2.45) is 0 Å². The van der Waals surface area contributed by atoms with Crippen molar-refractivity contribution in [3.05, 3.63) is 45.5 Å². The molecule has 1 aliphatic rings. The molecule has 1 aromatic rings. The van der Waals surface area contributed by atoms with Gasteiger partial charge in [0.05, 0.1) is 11.6 Å². The van der Waals surface area contributed by atoms with E-state index in [0.717, 1.165) is 18.5 Å². The van der Waals surface area contributed by atoms with E-state index in [9.17, 15) is 10.1 Å². The Morgan fingerprint density at radius 1 is 1.47 bits per heavy atom. The molecule has 0 aliphatic carbocycles. The Hall–Kier alpha value is -1.93. The van der Waals surface area contributed by atoms with Crippen LogP contribution in [-0.2, 0) is 0 Å². The third-order valence-corrected chi connectivity index (χ3v) is 2.97. The normalized spacial score (nSPS) is 26.2. The number of hydrogen-bond donors (Lipinski definition) is 0. The van der Waals surface area contributed by atoms with Gasteiger partial charge in [0.15, 0.2) is 0 Å². The predicted molar refractivity (Wildman–Crippen MR) is 61.7 cm³/mol. The van der Waals surface area contributed by atoms with Crippen LogP contribution in [0.4, 0.5) is 0 Å². The first-order valence-electron chi connectivity index (χ1n) is 5.58. The first kappa shape index (κ1) is 11.6. The summed E-state index contributed by atoms with van der Waals surface area (Å²) in [6, 6.07) is 8.92. The van der Waals surface area contributed by atoms with E-state index in [4.69, 9.17) is 5.26 Å². The molecule has 0 spiro atoms. The molecule has 0 bridgehead atoms. The summed E-state index contributed by atoms with van der Waals surface area (Å²) in [7, 11) is 0. The molecule has 2 rings (SSSR count). The third-order valence-electron chi connectivity index (χ3n) is 2.97. The Bertz CT molecular complexity index is 464. The molecule has 0 amide bonds. The van der Waals surface area contributed by atoms with Crippen molar-refractivity contribution in [3.8, 4) is 6.07 Å². The molecule has 1 unspecified atom stereocenters. The number of rotatable bonds is 4. The fourth-order valence-corrected chi connectivity index (χ4v) is 2.15. The van der Waals surface area contributed by atoms with Crippen molar-refractivity contribution in [3.63, 3.8) is 0 Å². The van der Waals surface area contributed by atoms with Gasteiger partial charge in [0.1, 0.15) is 6.04 Å². The number of nitrogens with zero attached hydrogens (tertiary/aromatic N) is 3. The van der Waals surface area contributed by atoms with E-state index in [-0.39, 0.29) is 11.0 Å². The van der Waals surface area contributed by atoms with Crippen LogP contribution < -0.4 is 0 Å². The van der Waals surface area contributed by atoms with Crippen molar-refractivity contribution in [1.29, 1.82) is 5.26 Å². The van der Waals surface area contributed by atoms with Crippen LogP contribution in [0.5, 0.6) is 0 Å². The van der Waals surface area contributed by atoms with Gasteiger partial charge in [0, 0.05) is 11.5 Å². The van der Waals surface area contributed by atoms with Crippen LogP contribution in [0.3, 0.4) is 0 Å². The van der Waals surface area contributed by atoms with Crippen LogP contribution in [-0.4, -0.2) is 22.5 Å². The average molecular weight is 231 g/mol. The molecule has 0 N–H and O–H groups in total. The molecule has 1 fully saturated rings. The highest BCUT2D eigenvalue weighted by atomic mass is 16.6. The summed E-state index contributed by atoms with van der Waals surface area (Å²) in [5.74, 6) is 0. The molecule has 88 valence electrons. The Morgan fingerprint density at radius 2 is 2.12 bits per heavy atom. The zero-order valence-electron chi connectivity index (χ0n) is 9.54. The van der Waals surface area contributed by atoms with Gasteiger partial charge in [-0.05, 0) is 24.1 Å². The lowest BCUT2D eigenvalue weighted by atomic mass is 10.1. The minimum absolute atomic E-state index is 0.127. The summed E-state index contributed by atoms with van der Waals surface area (Å²) in [6.45, 7) is 2.74. The minimum Gasteiger partial charge on any atom is -0.263 e. The first-order valence-corrected chi connectivity index (χ1v) is 5.58. The van der Waals surface area contributed by atoms with E-state index in [0.29, 0.717) is 5.56 Å². The molecule has 1 saturated heterocycles. The van der Waals surface area contributed by atoms with Crippen molar-refractivity contribution in [1.82, 2.24) is 4.90 Å². The quantitative estimate of drug-likeness (QED) is 0.451. The Balaban J connectivity index is 2.16. The summed E-state index contributed by atoms with van der Waals surface area (Å²) in [6.07, 6.45) is 0.305. The molecule has 1 aromatic carbocycles. The largest absolute Gasteiger partial charge is 0.289 e. The van der Waals surface area contributed by atoms with Gasteiger partial charge in [-0.3, -0.25) is 10.1 Å². The summed E-state index contributed by atoms with van der Waals surface area (Å²) < 4.78 is 0. The smallest absolute Gasteiger partial charge is 0.263 e. The second kappa shape index (κ2) is 4.52. The van der Waals surface area contributed by atoms with E-state index >= 15 is 0 Å². The lowest BCUT2D eigenvalue weighted by molar-refractivity contribution is -0.507. The zero-order chi connectivity index (χ0) is 12.4. The second-order valence-electron chi connectivity index (χ2n) is 4.12. The van der Waals surface area contributed by atoms with Gasteiger partial charge in [-0.25, -0.2) is 4.90 Å². The molecule has 0 saturated carbocycles. The van der Waals surface area contributed by atoms with Crippen molar-refractivity contribution in [2.45, 2.75) is 25.6 Å². The maximum Gasteiger partial charge on any atom is 0.289 e. The Labute approximate surface area is 99.4 Å². The van der Waals surface area contributed by atoms with Crippen LogP contribution in [0.25, 0.3) is 0 Å². The van der Waals surface area contributed by atoms with Crippen LogP contribution in [0, 0.1) is 21.4 Å². The molecule has 17 heavy (non-hydrogen) atoms. The van der Waals surface area contributed by atoms with Crippen LogP contribution in [0.15, 0.2) is 24.3 Å². The van der Waals surface area contributed by atoms with Gasteiger partial charge in [0.25, 0.3) is 6.17 Å². The topological polar surface area (TPSA) is 69.9 Å². The Morgan fingerprint density at radius 3 is 2.59 bits per heavy atom. The summed E-state index contributed by atoms with van der Waals surface area (Å²) in [5.41, 5.74) is 1.49. The highest BCUT2D eigenvalue weighted by Gasteiger charge is 2.57. The van der Waals surface area contributed by atoms with Gasteiger partial charge in [-0.15, -0.1) is 0 Å². The van der Waals surface area contributed by atoms with Crippen LogP contribution >= 0.6 is 0 Å². The van der Waals surface area contributed by atoms with Crippen molar-refractivity contribution < 1.29 is 4.92 Å². The van der Waals surface area contributed by atoms with Crippen LogP contribution in [0.1, 0.15) is 30.5 Å². The number of nitro groups is 1. The van der Waals surface area contributed by atoms with E-state index < -0.39 is 6.17 Å². The number of nitriles is 1. The van der Waals surface area contributed by atoms with Gasteiger partial charge in [-0.1, -0.05) is 19.1 Å².